The van der Waals surface area contributed by atoms with Gasteiger partial charge in [0.15, 0.2) is 5.13 Å². The summed E-state index contributed by atoms with van der Waals surface area (Å²) in [4.78, 5) is 28.4. The van der Waals surface area contributed by atoms with E-state index >= 15 is 0 Å². The van der Waals surface area contributed by atoms with Gasteiger partial charge in [-0.25, -0.2) is 9.78 Å². The Morgan fingerprint density at radius 3 is 2.95 bits per heavy atom. The van der Waals surface area contributed by atoms with Gasteiger partial charge in [-0.2, -0.15) is 0 Å². The van der Waals surface area contributed by atoms with E-state index in [1.54, 1.807) is 13.8 Å². The number of amides is 1. The first-order valence-electron chi connectivity index (χ1n) is 6.72. The molecule has 0 aliphatic heterocycles. The maximum absolute atomic E-state index is 12.1. The standard InChI is InChI=1S/C14H18N2O3S/c1-3-19-13(18)11-9(2)15-14(20-11)16-12(17)10-7-5-4-6-8-10/h4-5,10H,3,6-8H2,1-2H3,(H,15,16,17). The van der Waals surface area contributed by atoms with E-state index in [9.17, 15) is 9.59 Å². The van der Waals surface area contributed by atoms with Crippen molar-refractivity contribution in [2.75, 3.05) is 11.9 Å². The van der Waals surface area contributed by atoms with Gasteiger partial charge in [0, 0.05) is 5.92 Å². The number of allylic oxidation sites excluding steroid dienone is 2. The van der Waals surface area contributed by atoms with Crippen LogP contribution in [0.3, 0.4) is 0 Å². The number of carbonyl (C=O) groups excluding carboxylic acids is 2. The Bertz CT molecular complexity index is 537. The molecule has 0 spiro atoms. The van der Waals surface area contributed by atoms with Crippen LogP contribution in [-0.2, 0) is 9.53 Å². The zero-order valence-electron chi connectivity index (χ0n) is 11.6. The monoisotopic (exact) mass is 294 g/mol. The molecule has 0 radical (unpaired) electrons. The summed E-state index contributed by atoms with van der Waals surface area (Å²) < 4.78 is 4.95. The summed E-state index contributed by atoms with van der Waals surface area (Å²) in [7, 11) is 0. The zero-order valence-corrected chi connectivity index (χ0v) is 12.5. The number of hydrogen-bond donors (Lipinski definition) is 1. The second kappa shape index (κ2) is 6.65. The number of hydrogen-bond acceptors (Lipinski definition) is 5. The Labute approximate surface area is 122 Å². The SMILES string of the molecule is CCOC(=O)c1sc(NC(=O)C2CC=CCC2)nc1C. The van der Waals surface area contributed by atoms with E-state index in [4.69, 9.17) is 4.74 Å². The van der Waals surface area contributed by atoms with Gasteiger partial charge in [-0.1, -0.05) is 23.5 Å². The van der Waals surface area contributed by atoms with Gasteiger partial charge in [0.1, 0.15) is 4.88 Å². The highest BCUT2D eigenvalue weighted by molar-refractivity contribution is 7.17. The molecular formula is C14H18N2O3S. The average molecular weight is 294 g/mol. The molecule has 1 aromatic heterocycles. The van der Waals surface area contributed by atoms with E-state index in [1.165, 1.54) is 0 Å². The number of rotatable bonds is 4. The molecule has 6 heteroatoms. The van der Waals surface area contributed by atoms with E-state index in [2.05, 4.69) is 16.4 Å². The van der Waals surface area contributed by atoms with Crippen LogP contribution in [0.4, 0.5) is 5.13 Å². The molecule has 1 aliphatic carbocycles. The van der Waals surface area contributed by atoms with Crippen LogP contribution in [0, 0.1) is 12.8 Å². The molecule has 1 aromatic rings. The van der Waals surface area contributed by atoms with Crippen LogP contribution >= 0.6 is 11.3 Å². The Balaban J connectivity index is 2.03. The molecule has 1 amide bonds. The van der Waals surface area contributed by atoms with Gasteiger partial charge in [-0.3, -0.25) is 4.79 Å². The first-order chi connectivity index (χ1) is 9.61. The molecular weight excluding hydrogens is 276 g/mol. The lowest BCUT2D eigenvalue weighted by Gasteiger charge is -2.15. The number of nitrogens with one attached hydrogen (secondary N) is 1. The number of aryl methyl sites for hydroxylation is 1. The molecule has 108 valence electrons. The summed E-state index contributed by atoms with van der Waals surface area (Å²) >= 11 is 1.16. The topological polar surface area (TPSA) is 68.3 Å². The largest absolute Gasteiger partial charge is 0.462 e. The third kappa shape index (κ3) is 3.45. The lowest BCUT2D eigenvalue weighted by atomic mass is 9.94. The van der Waals surface area contributed by atoms with Crippen LogP contribution in [-0.4, -0.2) is 23.5 Å². The highest BCUT2D eigenvalue weighted by Gasteiger charge is 2.22. The van der Waals surface area contributed by atoms with Crippen molar-refractivity contribution in [1.82, 2.24) is 4.98 Å². The second-order valence-corrected chi connectivity index (χ2v) is 5.62. The molecule has 0 bridgehead atoms. The van der Waals surface area contributed by atoms with Crippen LogP contribution < -0.4 is 5.32 Å². The summed E-state index contributed by atoms with van der Waals surface area (Å²) in [6.45, 7) is 3.82. The first kappa shape index (κ1) is 14.7. The van der Waals surface area contributed by atoms with Gasteiger partial charge in [0.25, 0.3) is 0 Å². The van der Waals surface area contributed by atoms with Crippen LogP contribution in [0.5, 0.6) is 0 Å². The van der Waals surface area contributed by atoms with Crippen LogP contribution in [0.1, 0.15) is 41.6 Å². The Morgan fingerprint density at radius 2 is 2.30 bits per heavy atom. The molecule has 1 atom stereocenters. The minimum absolute atomic E-state index is 0.00440. The smallest absolute Gasteiger partial charge is 0.350 e. The molecule has 1 aliphatic rings. The third-order valence-corrected chi connectivity index (χ3v) is 4.18. The maximum Gasteiger partial charge on any atom is 0.350 e. The number of aromatic nitrogens is 1. The van der Waals surface area contributed by atoms with Gasteiger partial charge < -0.3 is 10.1 Å². The average Bonchev–Trinajstić information content (AvgIpc) is 2.81. The van der Waals surface area contributed by atoms with Crippen molar-refractivity contribution >= 4 is 28.3 Å². The lowest BCUT2D eigenvalue weighted by Crippen LogP contribution is -2.23. The minimum Gasteiger partial charge on any atom is -0.462 e. The first-order valence-corrected chi connectivity index (χ1v) is 7.54. The van der Waals surface area contributed by atoms with E-state index < -0.39 is 0 Å². The van der Waals surface area contributed by atoms with Crippen LogP contribution in [0.2, 0.25) is 0 Å². The van der Waals surface area contributed by atoms with Crippen molar-refractivity contribution in [3.63, 3.8) is 0 Å². The fourth-order valence-corrected chi connectivity index (χ4v) is 2.94. The van der Waals surface area contributed by atoms with Gasteiger partial charge in [-0.05, 0) is 33.1 Å². The van der Waals surface area contributed by atoms with Gasteiger partial charge >= 0.3 is 5.97 Å². The van der Waals surface area contributed by atoms with E-state index in [0.29, 0.717) is 22.3 Å². The summed E-state index contributed by atoms with van der Waals surface area (Å²) in [6.07, 6.45) is 6.68. The molecule has 0 fully saturated rings. The quantitative estimate of drug-likeness (QED) is 0.685. The third-order valence-electron chi connectivity index (χ3n) is 3.13. The predicted octanol–water partition coefficient (Wildman–Crippen LogP) is 2.92. The molecule has 1 N–H and O–H groups in total. The predicted molar refractivity (Wildman–Crippen MR) is 77.9 cm³/mol. The van der Waals surface area contributed by atoms with Crippen molar-refractivity contribution < 1.29 is 14.3 Å². The van der Waals surface area contributed by atoms with Gasteiger partial charge in [0.2, 0.25) is 5.91 Å². The highest BCUT2D eigenvalue weighted by atomic mass is 32.1. The van der Waals surface area contributed by atoms with Crippen LogP contribution in [0.25, 0.3) is 0 Å². The maximum atomic E-state index is 12.1. The van der Waals surface area contributed by atoms with E-state index in [0.717, 1.165) is 30.6 Å². The molecule has 1 heterocycles. The zero-order chi connectivity index (χ0) is 14.5. The number of nitrogens with zero attached hydrogens (tertiary/aromatic N) is 1. The van der Waals surface area contributed by atoms with Gasteiger partial charge in [0.05, 0.1) is 12.3 Å². The van der Waals surface area contributed by atoms with Crippen molar-refractivity contribution in [3.8, 4) is 0 Å². The number of carbonyl (C=O) groups is 2. The Kier molecular flexibility index (Phi) is 4.89. The molecule has 0 saturated carbocycles. The molecule has 2 rings (SSSR count). The lowest BCUT2D eigenvalue weighted by molar-refractivity contribution is -0.120. The minimum atomic E-state index is -0.386. The number of ether oxygens (including phenoxy) is 1. The van der Waals surface area contributed by atoms with Gasteiger partial charge in [-0.15, -0.1) is 0 Å². The summed E-state index contributed by atoms with van der Waals surface area (Å²) in [5.41, 5.74) is 0.590. The van der Waals surface area contributed by atoms with Crippen LogP contribution in [0.15, 0.2) is 12.2 Å². The number of anilines is 1. The van der Waals surface area contributed by atoms with E-state index in [1.807, 2.05) is 6.08 Å². The summed E-state index contributed by atoms with van der Waals surface area (Å²) in [5, 5.41) is 3.26. The number of thiazole rings is 1. The highest BCUT2D eigenvalue weighted by Crippen LogP contribution is 2.25. The fraction of sp³-hybridized carbons (Fsp3) is 0.500. The molecule has 0 aromatic carbocycles. The van der Waals surface area contributed by atoms with Crippen molar-refractivity contribution in [3.05, 3.63) is 22.7 Å². The summed E-state index contributed by atoms with van der Waals surface area (Å²) in [6, 6.07) is 0. The molecule has 0 saturated heterocycles. The summed E-state index contributed by atoms with van der Waals surface area (Å²) in [5.74, 6) is -0.419. The van der Waals surface area contributed by atoms with E-state index in [-0.39, 0.29) is 17.8 Å². The van der Waals surface area contributed by atoms with Crippen molar-refractivity contribution in [1.29, 1.82) is 0 Å². The van der Waals surface area contributed by atoms with Crippen molar-refractivity contribution in [2.45, 2.75) is 33.1 Å². The molecule has 20 heavy (non-hydrogen) atoms. The second-order valence-electron chi connectivity index (χ2n) is 4.62. The Hall–Kier alpha value is -1.69. The molecule has 1 unspecified atom stereocenters. The Morgan fingerprint density at radius 1 is 1.50 bits per heavy atom. The number of esters is 1. The molecule has 5 nitrogen and oxygen atoms in total. The fourth-order valence-electron chi connectivity index (χ4n) is 2.08. The normalized spacial score (nSPS) is 17.8. The van der Waals surface area contributed by atoms with Crippen molar-refractivity contribution in [2.24, 2.45) is 5.92 Å².